The minimum Gasteiger partial charge on any atom is -0.459 e. The third-order valence-electron chi connectivity index (χ3n) is 2.74. The number of benzene rings is 1. The lowest BCUT2D eigenvalue weighted by Crippen LogP contribution is -2.25. The zero-order chi connectivity index (χ0) is 11.9. The lowest BCUT2D eigenvalue weighted by molar-refractivity contribution is 0.290. The standard InChI is InChI=1S/C13H16BrNO/c1-13(2,3)12(15)11-7-8-6-9(14)4-5-10(8)16-11/h4-7,12H,15H2,1-3H3/t12-/m0/s1. The molecule has 0 aliphatic heterocycles. The normalized spacial score (nSPS) is 14.3. The van der Waals surface area contributed by atoms with E-state index in [9.17, 15) is 0 Å². The van der Waals surface area contributed by atoms with Gasteiger partial charge in [0, 0.05) is 9.86 Å². The third-order valence-corrected chi connectivity index (χ3v) is 3.23. The second kappa shape index (κ2) is 3.90. The zero-order valence-electron chi connectivity index (χ0n) is 9.75. The molecule has 0 saturated heterocycles. The van der Waals surface area contributed by atoms with Crippen molar-refractivity contribution < 1.29 is 4.42 Å². The van der Waals surface area contributed by atoms with Crippen LogP contribution in [-0.4, -0.2) is 0 Å². The van der Waals surface area contributed by atoms with Gasteiger partial charge in [-0.2, -0.15) is 0 Å². The van der Waals surface area contributed by atoms with Crippen LogP contribution in [0.4, 0.5) is 0 Å². The minimum atomic E-state index is -0.0846. The molecule has 86 valence electrons. The van der Waals surface area contributed by atoms with E-state index in [1.165, 1.54) is 0 Å². The number of hydrogen-bond acceptors (Lipinski definition) is 2. The maximum Gasteiger partial charge on any atom is 0.134 e. The Kier molecular flexibility index (Phi) is 2.84. The Hall–Kier alpha value is -0.800. The first kappa shape index (κ1) is 11.7. The molecule has 2 rings (SSSR count). The highest BCUT2D eigenvalue weighted by atomic mass is 79.9. The van der Waals surface area contributed by atoms with Crippen molar-refractivity contribution in [1.82, 2.24) is 0 Å². The average Bonchev–Trinajstić information content (AvgIpc) is 2.57. The van der Waals surface area contributed by atoms with Gasteiger partial charge in [-0.05, 0) is 29.7 Å². The van der Waals surface area contributed by atoms with E-state index in [0.717, 1.165) is 21.2 Å². The molecule has 0 aliphatic carbocycles. The molecule has 2 aromatic rings. The van der Waals surface area contributed by atoms with Crippen molar-refractivity contribution >= 4 is 26.9 Å². The Morgan fingerprint density at radius 3 is 2.56 bits per heavy atom. The summed E-state index contributed by atoms with van der Waals surface area (Å²) in [6, 6.07) is 7.91. The smallest absolute Gasteiger partial charge is 0.134 e. The molecule has 0 spiro atoms. The van der Waals surface area contributed by atoms with E-state index < -0.39 is 0 Å². The molecule has 1 aromatic carbocycles. The average molecular weight is 282 g/mol. The van der Waals surface area contributed by atoms with Crippen molar-refractivity contribution in [3.8, 4) is 0 Å². The summed E-state index contributed by atoms with van der Waals surface area (Å²) < 4.78 is 6.82. The first-order chi connectivity index (χ1) is 7.38. The molecule has 3 heteroatoms. The second-order valence-corrected chi connectivity index (χ2v) is 6.09. The Balaban J connectivity index is 2.47. The number of fused-ring (bicyclic) bond motifs is 1. The van der Waals surface area contributed by atoms with Gasteiger partial charge in [-0.1, -0.05) is 36.7 Å². The maximum atomic E-state index is 6.17. The molecule has 16 heavy (non-hydrogen) atoms. The zero-order valence-corrected chi connectivity index (χ0v) is 11.3. The Morgan fingerprint density at radius 1 is 1.25 bits per heavy atom. The molecular formula is C13H16BrNO. The number of rotatable bonds is 1. The summed E-state index contributed by atoms with van der Waals surface area (Å²) in [5, 5.41) is 1.09. The summed E-state index contributed by atoms with van der Waals surface area (Å²) in [5.41, 5.74) is 7.06. The van der Waals surface area contributed by atoms with E-state index in [0.29, 0.717) is 0 Å². The minimum absolute atomic E-state index is 0.00507. The lowest BCUT2D eigenvalue weighted by atomic mass is 9.86. The summed E-state index contributed by atoms with van der Waals surface area (Å²) in [7, 11) is 0. The fraction of sp³-hybridized carbons (Fsp3) is 0.385. The van der Waals surface area contributed by atoms with Gasteiger partial charge in [-0.15, -0.1) is 0 Å². The van der Waals surface area contributed by atoms with Crippen LogP contribution in [0.3, 0.4) is 0 Å². The Morgan fingerprint density at radius 2 is 1.94 bits per heavy atom. The van der Waals surface area contributed by atoms with Crippen molar-refractivity contribution in [2.45, 2.75) is 26.8 Å². The second-order valence-electron chi connectivity index (χ2n) is 5.17. The van der Waals surface area contributed by atoms with Crippen LogP contribution in [0, 0.1) is 5.41 Å². The highest BCUT2D eigenvalue weighted by molar-refractivity contribution is 9.10. The van der Waals surface area contributed by atoms with E-state index in [2.05, 4.69) is 36.7 Å². The van der Waals surface area contributed by atoms with Gasteiger partial charge in [0.25, 0.3) is 0 Å². The van der Waals surface area contributed by atoms with E-state index in [-0.39, 0.29) is 11.5 Å². The maximum absolute atomic E-state index is 6.17. The van der Waals surface area contributed by atoms with Crippen LogP contribution in [0.2, 0.25) is 0 Å². The fourth-order valence-corrected chi connectivity index (χ4v) is 1.99. The van der Waals surface area contributed by atoms with E-state index in [4.69, 9.17) is 10.2 Å². The number of halogens is 1. The molecule has 2 N–H and O–H groups in total. The SMILES string of the molecule is CC(C)(C)[C@@H](N)c1cc2cc(Br)ccc2o1. The molecule has 1 aromatic heterocycles. The van der Waals surface area contributed by atoms with Crippen LogP contribution in [-0.2, 0) is 0 Å². The molecule has 2 nitrogen and oxygen atoms in total. The van der Waals surface area contributed by atoms with Crippen molar-refractivity contribution in [2.24, 2.45) is 11.1 Å². The quantitative estimate of drug-likeness (QED) is 0.849. The predicted octanol–water partition coefficient (Wildman–Crippen LogP) is 4.24. The lowest BCUT2D eigenvalue weighted by Gasteiger charge is -2.24. The van der Waals surface area contributed by atoms with Crippen molar-refractivity contribution in [2.75, 3.05) is 0 Å². The van der Waals surface area contributed by atoms with Gasteiger partial charge in [0.1, 0.15) is 11.3 Å². The first-order valence-corrected chi connectivity index (χ1v) is 6.12. The van der Waals surface area contributed by atoms with Crippen LogP contribution in [0.25, 0.3) is 11.0 Å². The topological polar surface area (TPSA) is 39.2 Å². The molecule has 0 radical (unpaired) electrons. The molecule has 1 atom stereocenters. The summed E-state index contributed by atoms with van der Waals surface area (Å²) >= 11 is 3.45. The molecule has 0 fully saturated rings. The molecule has 1 heterocycles. The van der Waals surface area contributed by atoms with E-state index >= 15 is 0 Å². The Labute approximate surface area is 104 Å². The van der Waals surface area contributed by atoms with Gasteiger partial charge < -0.3 is 10.2 Å². The van der Waals surface area contributed by atoms with Gasteiger partial charge >= 0.3 is 0 Å². The predicted molar refractivity (Wildman–Crippen MR) is 70.3 cm³/mol. The molecule has 0 aliphatic rings. The Bertz CT molecular complexity index is 510. The van der Waals surface area contributed by atoms with Crippen LogP contribution in [0.5, 0.6) is 0 Å². The summed E-state index contributed by atoms with van der Waals surface area (Å²) in [4.78, 5) is 0. The first-order valence-electron chi connectivity index (χ1n) is 5.32. The fourth-order valence-electron chi connectivity index (χ4n) is 1.61. The van der Waals surface area contributed by atoms with Crippen LogP contribution in [0.15, 0.2) is 33.2 Å². The number of furan rings is 1. The van der Waals surface area contributed by atoms with Gasteiger partial charge in [0.2, 0.25) is 0 Å². The summed E-state index contributed by atoms with van der Waals surface area (Å²) in [6.07, 6.45) is 0. The molecule has 0 saturated carbocycles. The van der Waals surface area contributed by atoms with Crippen molar-refractivity contribution in [1.29, 1.82) is 0 Å². The monoisotopic (exact) mass is 281 g/mol. The van der Waals surface area contributed by atoms with Crippen LogP contribution < -0.4 is 5.73 Å². The van der Waals surface area contributed by atoms with E-state index in [1.807, 2.05) is 24.3 Å². The largest absolute Gasteiger partial charge is 0.459 e. The van der Waals surface area contributed by atoms with Crippen LogP contribution >= 0.6 is 15.9 Å². The van der Waals surface area contributed by atoms with Crippen LogP contribution in [0.1, 0.15) is 32.6 Å². The summed E-state index contributed by atoms with van der Waals surface area (Å²) in [5.74, 6) is 0.848. The van der Waals surface area contributed by atoms with Gasteiger partial charge in [0.05, 0.1) is 6.04 Å². The number of hydrogen-bond donors (Lipinski definition) is 1. The van der Waals surface area contributed by atoms with Crippen molar-refractivity contribution in [3.05, 3.63) is 34.5 Å². The molecule has 0 unspecified atom stereocenters. The highest BCUT2D eigenvalue weighted by Crippen LogP contribution is 2.34. The van der Waals surface area contributed by atoms with Gasteiger partial charge in [-0.3, -0.25) is 0 Å². The van der Waals surface area contributed by atoms with Gasteiger partial charge in [-0.25, -0.2) is 0 Å². The highest BCUT2D eigenvalue weighted by Gasteiger charge is 2.25. The van der Waals surface area contributed by atoms with Gasteiger partial charge in [0.15, 0.2) is 0 Å². The third kappa shape index (κ3) is 2.15. The van der Waals surface area contributed by atoms with Crippen molar-refractivity contribution in [3.63, 3.8) is 0 Å². The number of nitrogens with two attached hydrogens (primary N) is 1. The summed E-state index contributed by atoms with van der Waals surface area (Å²) in [6.45, 7) is 6.34. The molecule has 0 bridgehead atoms. The molecular weight excluding hydrogens is 266 g/mol. The molecule has 0 amide bonds. The van der Waals surface area contributed by atoms with E-state index in [1.54, 1.807) is 0 Å².